The zero-order valence-corrected chi connectivity index (χ0v) is 15.8. The van der Waals surface area contributed by atoms with Crippen molar-refractivity contribution in [2.45, 2.75) is 19.6 Å². The number of rotatable bonds is 7. The lowest BCUT2D eigenvalue weighted by atomic mass is 10.1. The summed E-state index contributed by atoms with van der Waals surface area (Å²) < 4.78 is 15.9. The fourth-order valence-corrected chi connectivity index (χ4v) is 3.69. The number of carboxylic acid groups (broad SMARTS) is 1. The summed E-state index contributed by atoms with van der Waals surface area (Å²) in [6.45, 7) is 1.20. The summed E-state index contributed by atoms with van der Waals surface area (Å²) >= 11 is 0. The number of aromatic carboxylic acids is 1. The highest BCUT2D eigenvalue weighted by molar-refractivity contribution is 5.98. The molecule has 0 aliphatic rings. The summed E-state index contributed by atoms with van der Waals surface area (Å²) in [6.07, 6.45) is 0. The maximum absolute atomic E-state index is 14.2. The number of benzene rings is 3. The van der Waals surface area contributed by atoms with Gasteiger partial charge in [0, 0.05) is 35.1 Å². The van der Waals surface area contributed by atoms with Crippen molar-refractivity contribution < 1.29 is 14.3 Å². The Kier molecular flexibility index (Phi) is 5.40. The molecule has 146 valence electrons. The average Bonchev–Trinajstić information content (AvgIpc) is 3.04. The first kappa shape index (κ1) is 18.9. The van der Waals surface area contributed by atoms with Crippen LogP contribution < -0.4 is 5.32 Å². The Morgan fingerprint density at radius 1 is 0.897 bits per heavy atom. The molecule has 1 heterocycles. The van der Waals surface area contributed by atoms with Crippen molar-refractivity contribution in [1.29, 1.82) is 0 Å². The fraction of sp³-hybridized carbons (Fsp3) is 0.125. The van der Waals surface area contributed by atoms with Gasteiger partial charge < -0.3 is 15.0 Å². The number of nitrogens with zero attached hydrogens (tertiary/aromatic N) is 1. The van der Waals surface area contributed by atoms with E-state index in [-0.39, 0.29) is 18.1 Å². The van der Waals surface area contributed by atoms with Crippen LogP contribution in [-0.2, 0) is 19.6 Å². The third-order valence-electron chi connectivity index (χ3n) is 5.04. The van der Waals surface area contributed by atoms with Crippen LogP contribution in [0.15, 0.2) is 78.9 Å². The van der Waals surface area contributed by atoms with Crippen LogP contribution in [0.5, 0.6) is 0 Å². The Hall–Kier alpha value is -3.44. The van der Waals surface area contributed by atoms with E-state index in [0.717, 1.165) is 16.5 Å². The molecule has 0 saturated heterocycles. The van der Waals surface area contributed by atoms with Gasteiger partial charge in [-0.2, -0.15) is 0 Å². The number of aromatic nitrogens is 1. The van der Waals surface area contributed by atoms with Gasteiger partial charge in [0.15, 0.2) is 0 Å². The van der Waals surface area contributed by atoms with Crippen LogP contribution >= 0.6 is 0 Å². The number of carboxylic acids is 1. The van der Waals surface area contributed by atoms with Crippen molar-refractivity contribution in [1.82, 2.24) is 9.88 Å². The van der Waals surface area contributed by atoms with Crippen molar-refractivity contribution in [3.8, 4) is 0 Å². The first-order valence-electron chi connectivity index (χ1n) is 9.46. The molecule has 0 aliphatic carbocycles. The first-order valence-corrected chi connectivity index (χ1v) is 9.46. The molecule has 0 bridgehead atoms. The van der Waals surface area contributed by atoms with E-state index >= 15 is 0 Å². The van der Waals surface area contributed by atoms with Crippen molar-refractivity contribution in [3.05, 3.63) is 107 Å². The van der Waals surface area contributed by atoms with Crippen LogP contribution in [0.2, 0.25) is 0 Å². The topological polar surface area (TPSA) is 54.3 Å². The maximum atomic E-state index is 14.2. The highest BCUT2D eigenvalue weighted by Gasteiger charge is 2.22. The molecular formula is C24H21FN2O2. The molecule has 2 N–H and O–H groups in total. The van der Waals surface area contributed by atoms with Crippen LogP contribution in [-0.4, -0.2) is 15.6 Å². The number of hydrogen-bond donors (Lipinski definition) is 2. The Labute approximate surface area is 168 Å². The lowest BCUT2D eigenvalue weighted by Gasteiger charge is -2.10. The lowest BCUT2D eigenvalue weighted by Crippen LogP contribution is -2.17. The minimum atomic E-state index is -1.02. The summed E-state index contributed by atoms with van der Waals surface area (Å²) in [5, 5.41) is 14.2. The number of halogens is 1. The molecule has 3 aromatic carbocycles. The molecule has 4 rings (SSSR count). The number of carbonyl (C=O) groups is 1. The number of nitrogens with one attached hydrogen (secondary N) is 1. The third kappa shape index (κ3) is 3.91. The molecule has 0 amide bonds. The molecule has 0 aliphatic heterocycles. The summed E-state index contributed by atoms with van der Waals surface area (Å²) in [5.74, 6) is -1.36. The fourth-order valence-electron chi connectivity index (χ4n) is 3.69. The van der Waals surface area contributed by atoms with Gasteiger partial charge in [-0.3, -0.25) is 0 Å². The Morgan fingerprint density at radius 2 is 1.59 bits per heavy atom. The van der Waals surface area contributed by atoms with E-state index in [1.165, 1.54) is 6.07 Å². The van der Waals surface area contributed by atoms with Crippen LogP contribution in [0.25, 0.3) is 10.9 Å². The van der Waals surface area contributed by atoms with Gasteiger partial charge in [0.05, 0.1) is 6.54 Å². The minimum Gasteiger partial charge on any atom is -0.477 e. The number of hydrogen-bond acceptors (Lipinski definition) is 2. The average molecular weight is 388 g/mol. The predicted octanol–water partition coefficient (Wildman–Crippen LogP) is 4.82. The van der Waals surface area contributed by atoms with Crippen molar-refractivity contribution >= 4 is 16.9 Å². The second kappa shape index (κ2) is 8.29. The van der Waals surface area contributed by atoms with E-state index in [2.05, 4.69) is 5.32 Å². The highest BCUT2D eigenvalue weighted by atomic mass is 19.1. The van der Waals surface area contributed by atoms with Gasteiger partial charge >= 0.3 is 5.97 Å². The molecule has 0 fully saturated rings. The zero-order valence-electron chi connectivity index (χ0n) is 15.8. The highest BCUT2D eigenvalue weighted by Crippen LogP contribution is 2.28. The molecule has 4 nitrogen and oxygen atoms in total. The quantitative estimate of drug-likeness (QED) is 0.477. The Morgan fingerprint density at radius 3 is 2.34 bits per heavy atom. The van der Waals surface area contributed by atoms with Gasteiger partial charge in [-0.25, -0.2) is 9.18 Å². The van der Waals surface area contributed by atoms with Crippen LogP contribution in [0.1, 0.15) is 27.2 Å². The van der Waals surface area contributed by atoms with Gasteiger partial charge in [-0.15, -0.1) is 0 Å². The lowest BCUT2D eigenvalue weighted by molar-refractivity contribution is 0.0684. The second-order valence-electron chi connectivity index (χ2n) is 6.92. The van der Waals surface area contributed by atoms with E-state index in [9.17, 15) is 14.3 Å². The van der Waals surface area contributed by atoms with E-state index < -0.39 is 5.97 Å². The van der Waals surface area contributed by atoms with Gasteiger partial charge in [-0.1, -0.05) is 66.7 Å². The summed E-state index contributed by atoms with van der Waals surface area (Å²) in [5.41, 5.74) is 3.26. The molecule has 0 spiro atoms. The number of para-hydroxylation sites is 1. The molecule has 29 heavy (non-hydrogen) atoms. The van der Waals surface area contributed by atoms with E-state index in [0.29, 0.717) is 24.2 Å². The summed E-state index contributed by atoms with van der Waals surface area (Å²) in [7, 11) is 0. The van der Waals surface area contributed by atoms with Gasteiger partial charge in [0.1, 0.15) is 11.5 Å². The SMILES string of the molecule is O=C(O)c1c(CNCc2ccccc2)c2ccccc2n1Cc1ccccc1F. The molecule has 5 heteroatoms. The van der Waals surface area contributed by atoms with Gasteiger partial charge in [0.25, 0.3) is 0 Å². The first-order chi connectivity index (χ1) is 14.1. The molecule has 0 radical (unpaired) electrons. The molecule has 0 unspecified atom stereocenters. The largest absolute Gasteiger partial charge is 0.477 e. The number of fused-ring (bicyclic) bond motifs is 1. The maximum Gasteiger partial charge on any atom is 0.352 e. The van der Waals surface area contributed by atoms with Crippen LogP contribution in [0.3, 0.4) is 0 Å². The summed E-state index contributed by atoms with van der Waals surface area (Å²) in [4.78, 5) is 12.2. The van der Waals surface area contributed by atoms with Crippen molar-refractivity contribution in [2.24, 2.45) is 0 Å². The Bertz CT molecular complexity index is 1150. The molecule has 0 saturated carbocycles. The molecular weight excluding hydrogens is 367 g/mol. The Balaban J connectivity index is 1.72. The second-order valence-corrected chi connectivity index (χ2v) is 6.92. The molecule has 0 atom stereocenters. The van der Waals surface area contributed by atoms with Crippen LogP contribution in [0, 0.1) is 5.82 Å². The molecule has 4 aromatic rings. The normalized spacial score (nSPS) is 11.1. The van der Waals surface area contributed by atoms with Gasteiger partial charge in [-0.05, 0) is 17.7 Å². The minimum absolute atomic E-state index is 0.160. The monoisotopic (exact) mass is 388 g/mol. The van der Waals surface area contributed by atoms with Crippen molar-refractivity contribution in [3.63, 3.8) is 0 Å². The standard InChI is InChI=1S/C24H21FN2O2/c25-21-12-6-4-10-18(21)16-27-22-13-7-5-11-19(22)20(23(27)24(28)29)15-26-14-17-8-2-1-3-9-17/h1-13,26H,14-16H2,(H,28,29). The van der Waals surface area contributed by atoms with E-state index in [4.69, 9.17) is 0 Å². The predicted molar refractivity (Wildman–Crippen MR) is 111 cm³/mol. The molecule has 1 aromatic heterocycles. The summed E-state index contributed by atoms with van der Waals surface area (Å²) in [6, 6.07) is 24.0. The van der Waals surface area contributed by atoms with Crippen molar-refractivity contribution in [2.75, 3.05) is 0 Å². The third-order valence-corrected chi connectivity index (χ3v) is 5.04. The van der Waals surface area contributed by atoms with E-state index in [1.807, 2.05) is 54.6 Å². The smallest absolute Gasteiger partial charge is 0.352 e. The van der Waals surface area contributed by atoms with E-state index in [1.54, 1.807) is 22.8 Å². The van der Waals surface area contributed by atoms with Gasteiger partial charge in [0.2, 0.25) is 0 Å². The zero-order chi connectivity index (χ0) is 20.2. The van der Waals surface area contributed by atoms with Crippen LogP contribution in [0.4, 0.5) is 4.39 Å².